The van der Waals surface area contributed by atoms with E-state index in [0.29, 0.717) is 13.2 Å². The summed E-state index contributed by atoms with van der Waals surface area (Å²) >= 11 is 0. The summed E-state index contributed by atoms with van der Waals surface area (Å²) in [5.41, 5.74) is 1.89. The molecule has 1 amide bonds. The molecule has 0 aliphatic carbocycles. The van der Waals surface area contributed by atoms with Gasteiger partial charge in [-0.3, -0.25) is 9.48 Å². The smallest absolute Gasteiger partial charge is 0.244 e. The van der Waals surface area contributed by atoms with E-state index in [0.717, 1.165) is 22.6 Å². The molecule has 2 aromatic rings. The highest BCUT2D eigenvalue weighted by Gasteiger charge is 2.20. The molecule has 25 heavy (non-hydrogen) atoms. The molecule has 6 nitrogen and oxygen atoms in total. The number of carbonyl (C=O) groups excluding carboxylic acids is 1. The van der Waals surface area contributed by atoms with Crippen LogP contribution >= 0.6 is 0 Å². The van der Waals surface area contributed by atoms with Crippen molar-refractivity contribution in [3.05, 3.63) is 47.8 Å². The number of amides is 1. The van der Waals surface area contributed by atoms with Crippen LogP contribution in [0.25, 0.3) is 6.08 Å². The van der Waals surface area contributed by atoms with Crippen LogP contribution in [0.4, 0.5) is 0 Å². The van der Waals surface area contributed by atoms with Crippen LogP contribution in [0.1, 0.15) is 31.0 Å². The van der Waals surface area contributed by atoms with E-state index in [1.165, 1.54) is 6.08 Å². The van der Waals surface area contributed by atoms with Crippen LogP contribution in [-0.4, -0.2) is 28.9 Å². The first-order chi connectivity index (χ1) is 12.0. The van der Waals surface area contributed by atoms with Crippen LogP contribution in [-0.2, 0) is 11.8 Å². The lowest BCUT2D eigenvalue weighted by molar-refractivity contribution is -0.117. The predicted octanol–water partition coefficient (Wildman–Crippen LogP) is 2.72. The van der Waals surface area contributed by atoms with Crippen molar-refractivity contribution < 1.29 is 14.3 Å². The molecule has 1 aromatic heterocycles. The summed E-state index contributed by atoms with van der Waals surface area (Å²) in [5.74, 6) is 1.57. The maximum atomic E-state index is 12.3. The van der Waals surface area contributed by atoms with E-state index in [4.69, 9.17) is 9.47 Å². The third-order valence-electron chi connectivity index (χ3n) is 4.04. The lowest BCUT2D eigenvalue weighted by atomic mass is 9.95. The summed E-state index contributed by atoms with van der Waals surface area (Å²) in [7, 11) is 1.84. The van der Waals surface area contributed by atoms with Gasteiger partial charge in [0.25, 0.3) is 0 Å². The van der Waals surface area contributed by atoms with Crippen molar-refractivity contribution in [1.82, 2.24) is 15.1 Å². The fourth-order valence-corrected chi connectivity index (χ4v) is 2.79. The van der Waals surface area contributed by atoms with Crippen LogP contribution in [0.15, 0.2) is 36.7 Å². The minimum atomic E-state index is -0.141. The largest absolute Gasteiger partial charge is 0.486 e. The topological polar surface area (TPSA) is 65.4 Å². The minimum Gasteiger partial charge on any atom is -0.486 e. The van der Waals surface area contributed by atoms with Gasteiger partial charge >= 0.3 is 0 Å². The summed E-state index contributed by atoms with van der Waals surface area (Å²) in [6.07, 6.45) is 6.85. The Bertz CT molecular complexity index is 780. The van der Waals surface area contributed by atoms with Gasteiger partial charge in [0.05, 0.1) is 12.2 Å². The summed E-state index contributed by atoms with van der Waals surface area (Å²) in [6.45, 7) is 5.26. The Labute approximate surface area is 147 Å². The molecular formula is C19H23N3O3. The van der Waals surface area contributed by atoms with E-state index < -0.39 is 0 Å². The number of aromatic nitrogens is 2. The zero-order valence-corrected chi connectivity index (χ0v) is 14.7. The van der Waals surface area contributed by atoms with Gasteiger partial charge in [-0.25, -0.2) is 0 Å². The van der Waals surface area contributed by atoms with Crippen molar-refractivity contribution in [3.63, 3.8) is 0 Å². The number of fused-ring (bicyclic) bond motifs is 1. The first-order valence-corrected chi connectivity index (χ1v) is 8.39. The zero-order valence-electron chi connectivity index (χ0n) is 14.7. The summed E-state index contributed by atoms with van der Waals surface area (Å²) in [6, 6.07) is 5.71. The first-order valence-electron chi connectivity index (χ1n) is 8.39. The van der Waals surface area contributed by atoms with Gasteiger partial charge < -0.3 is 14.8 Å². The number of carbonyl (C=O) groups is 1. The maximum absolute atomic E-state index is 12.3. The van der Waals surface area contributed by atoms with Crippen LogP contribution in [0.3, 0.4) is 0 Å². The van der Waals surface area contributed by atoms with Crippen molar-refractivity contribution in [2.75, 3.05) is 13.2 Å². The highest BCUT2D eigenvalue weighted by molar-refractivity contribution is 5.91. The van der Waals surface area contributed by atoms with E-state index in [9.17, 15) is 4.79 Å². The van der Waals surface area contributed by atoms with Gasteiger partial charge in [0.15, 0.2) is 11.5 Å². The number of nitrogens with zero attached hydrogens (tertiary/aromatic N) is 2. The molecule has 2 heterocycles. The summed E-state index contributed by atoms with van der Waals surface area (Å²) < 4.78 is 12.9. The highest BCUT2D eigenvalue weighted by Crippen LogP contribution is 2.34. The Morgan fingerprint density at radius 2 is 2.04 bits per heavy atom. The average molecular weight is 341 g/mol. The van der Waals surface area contributed by atoms with E-state index in [2.05, 4.69) is 24.3 Å². The quantitative estimate of drug-likeness (QED) is 0.849. The molecule has 0 bridgehead atoms. The predicted molar refractivity (Wildman–Crippen MR) is 95.4 cm³/mol. The average Bonchev–Trinajstić information content (AvgIpc) is 3.02. The molecule has 0 saturated carbocycles. The minimum absolute atomic E-state index is 0.109. The SMILES string of the molecule is CC(C)[C@@H](NC(=O)/C=C/c1cnn(C)c1)c1ccc2c(c1)OCCO2. The first kappa shape index (κ1) is 17.1. The number of rotatable bonds is 5. The van der Waals surface area contributed by atoms with Crippen LogP contribution in [0, 0.1) is 5.92 Å². The van der Waals surface area contributed by atoms with E-state index in [-0.39, 0.29) is 17.9 Å². The normalized spacial score (nSPS) is 14.7. The highest BCUT2D eigenvalue weighted by atomic mass is 16.6. The molecule has 6 heteroatoms. The molecule has 0 unspecified atom stereocenters. The second-order valence-corrected chi connectivity index (χ2v) is 6.41. The second kappa shape index (κ2) is 7.42. The number of nitrogens with one attached hydrogen (secondary N) is 1. The second-order valence-electron chi connectivity index (χ2n) is 6.41. The molecule has 0 fully saturated rings. The number of hydrogen-bond acceptors (Lipinski definition) is 4. The third kappa shape index (κ3) is 4.21. The lowest BCUT2D eigenvalue weighted by Crippen LogP contribution is -2.30. The fraction of sp³-hybridized carbons (Fsp3) is 0.368. The Morgan fingerprint density at radius 3 is 2.72 bits per heavy atom. The number of hydrogen-bond donors (Lipinski definition) is 1. The van der Waals surface area contributed by atoms with Gasteiger partial charge in [0, 0.05) is 24.9 Å². The van der Waals surface area contributed by atoms with Gasteiger partial charge in [-0.2, -0.15) is 5.10 Å². The number of benzene rings is 1. The van der Waals surface area contributed by atoms with Gasteiger partial charge in [0.2, 0.25) is 5.91 Å². The Balaban J connectivity index is 1.72. The summed E-state index contributed by atoms with van der Waals surface area (Å²) in [5, 5.41) is 7.15. The number of aryl methyl sites for hydroxylation is 1. The van der Waals surface area contributed by atoms with Crippen LogP contribution < -0.4 is 14.8 Å². The zero-order chi connectivity index (χ0) is 17.8. The van der Waals surface area contributed by atoms with Gasteiger partial charge in [-0.1, -0.05) is 19.9 Å². The molecule has 0 spiro atoms. The van der Waals surface area contributed by atoms with Gasteiger partial charge in [-0.15, -0.1) is 0 Å². The number of ether oxygens (including phenoxy) is 2. The van der Waals surface area contributed by atoms with Crippen molar-refractivity contribution in [2.45, 2.75) is 19.9 Å². The molecule has 1 N–H and O–H groups in total. The summed E-state index contributed by atoms with van der Waals surface area (Å²) in [4.78, 5) is 12.3. The molecule has 3 rings (SSSR count). The van der Waals surface area contributed by atoms with Crippen molar-refractivity contribution >= 4 is 12.0 Å². The molecule has 1 aromatic carbocycles. The van der Waals surface area contributed by atoms with Gasteiger partial charge in [-0.05, 0) is 29.7 Å². The fourth-order valence-electron chi connectivity index (χ4n) is 2.79. The Hall–Kier alpha value is -2.76. The van der Waals surface area contributed by atoms with Crippen molar-refractivity contribution in [2.24, 2.45) is 13.0 Å². The molecular weight excluding hydrogens is 318 g/mol. The Kier molecular flexibility index (Phi) is 5.07. The van der Waals surface area contributed by atoms with Crippen molar-refractivity contribution in [1.29, 1.82) is 0 Å². The molecule has 1 atom stereocenters. The van der Waals surface area contributed by atoms with Crippen LogP contribution in [0.5, 0.6) is 11.5 Å². The molecule has 1 aliphatic rings. The molecule has 1 aliphatic heterocycles. The van der Waals surface area contributed by atoms with E-state index in [1.807, 2.05) is 31.4 Å². The molecule has 0 radical (unpaired) electrons. The van der Waals surface area contributed by atoms with Crippen LogP contribution in [0.2, 0.25) is 0 Å². The monoisotopic (exact) mass is 341 g/mol. The lowest BCUT2D eigenvalue weighted by Gasteiger charge is -2.25. The molecule has 0 saturated heterocycles. The van der Waals surface area contributed by atoms with Gasteiger partial charge in [0.1, 0.15) is 13.2 Å². The van der Waals surface area contributed by atoms with E-state index >= 15 is 0 Å². The standard InChI is InChI=1S/C19H23N3O3/c1-13(2)19(15-5-6-16-17(10-15)25-9-8-24-16)21-18(23)7-4-14-11-20-22(3)12-14/h4-7,10-13,19H,8-9H2,1-3H3,(H,21,23)/b7-4+/t19-/m1/s1. The maximum Gasteiger partial charge on any atom is 0.244 e. The third-order valence-corrected chi connectivity index (χ3v) is 4.04. The molecule has 132 valence electrons. The van der Waals surface area contributed by atoms with Crippen molar-refractivity contribution in [3.8, 4) is 11.5 Å². The van der Waals surface area contributed by atoms with E-state index in [1.54, 1.807) is 17.0 Å². The Morgan fingerprint density at radius 1 is 1.28 bits per heavy atom.